The fourth-order valence-electron chi connectivity index (χ4n) is 6.76. The second-order valence-corrected chi connectivity index (χ2v) is 12.8. The van der Waals surface area contributed by atoms with Crippen LogP contribution in [-0.2, 0) is 0 Å². The van der Waals surface area contributed by atoms with E-state index in [1.807, 2.05) is 0 Å². The van der Waals surface area contributed by atoms with E-state index < -0.39 is 0 Å². The number of nitrogens with zero attached hydrogens (tertiary/aromatic N) is 2. The molecule has 240 valence electrons. The number of hydrogen-bond acceptors (Lipinski definition) is 2. The van der Waals surface area contributed by atoms with Gasteiger partial charge in [0.1, 0.15) is 0 Å². The van der Waals surface area contributed by atoms with Gasteiger partial charge >= 0.3 is 0 Å². The SMILES string of the molecule is Cc1ccc(-c2ccc(N(c3ccccc3)c3ccc(-c4cc(-c5ccc(N(C)c6ccccc6)cc5)cc5ccccc45)cc3)cc2)cc1. The van der Waals surface area contributed by atoms with Crippen molar-refractivity contribution < 1.29 is 0 Å². The highest BCUT2D eigenvalue weighted by atomic mass is 15.1. The second-order valence-electron chi connectivity index (χ2n) is 12.8. The summed E-state index contributed by atoms with van der Waals surface area (Å²) in [6.07, 6.45) is 0. The number of benzene rings is 8. The van der Waals surface area contributed by atoms with Crippen LogP contribution in [0, 0.1) is 6.92 Å². The van der Waals surface area contributed by atoms with E-state index in [9.17, 15) is 0 Å². The smallest absolute Gasteiger partial charge is 0.0462 e. The maximum Gasteiger partial charge on any atom is 0.0462 e. The van der Waals surface area contributed by atoms with Gasteiger partial charge in [0.25, 0.3) is 0 Å². The van der Waals surface area contributed by atoms with Gasteiger partial charge in [0, 0.05) is 35.5 Å². The average molecular weight is 643 g/mol. The van der Waals surface area contributed by atoms with E-state index in [0.29, 0.717) is 0 Å². The molecule has 0 unspecified atom stereocenters. The molecule has 8 rings (SSSR count). The number of hydrogen-bond donors (Lipinski definition) is 0. The summed E-state index contributed by atoms with van der Waals surface area (Å²) in [5.41, 5.74) is 14.2. The van der Waals surface area contributed by atoms with Crippen LogP contribution in [0.25, 0.3) is 44.2 Å². The van der Waals surface area contributed by atoms with Crippen LogP contribution in [0.15, 0.2) is 194 Å². The number of rotatable bonds is 8. The normalized spacial score (nSPS) is 11.0. The van der Waals surface area contributed by atoms with E-state index in [2.05, 4.69) is 218 Å². The molecule has 8 aromatic carbocycles. The Hall–Kier alpha value is -6.38. The van der Waals surface area contributed by atoms with Crippen LogP contribution in [0.5, 0.6) is 0 Å². The number of para-hydroxylation sites is 2. The zero-order valence-electron chi connectivity index (χ0n) is 28.4. The van der Waals surface area contributed by atoms with Gasteiger partial charge in [0.15, 0.2) is 0 Å². The molecule has 0 aliphatic carbocycles. The van der Waals surface area contributed by atoms with Gasteiger partial charge in [-0.2, -0.15) is 0 Å². The molecule has 0 aromatic heterocycles. The summed E-state index contributed by atoms with van der Waals surface area (Å²) < 4.78 is 0. The average Bonchev–Trinajstić information content (AvgIpc) is 3.19. The van der Waals surface area contributed by atoms with Crippen molar-refractivity contribution in [2.24, 2.45) is 0 Å². The molecule has 0 radical (unpaired) electrons. The summed E-state index contributed by atoms with van der Waals surface area (Å²) in [7, 11) is 2.11. The second kappa shape index (κ2) is 13.6. The molecule has 0 spiro atoms. The lowest BCUT2D eigenvalue weighted by Gasteiger charge is -2.26. The van der Waals surface area contributed by atoms with E-state index in [1.165, 1.54) is 55.4 Å². The molecule has 0 bridgehead atoms. The Bertz CT molecular complexity index is 2340. The summed E-state index contributed by atoms with van der Waals surface area (Å²) in [4.78, 5) is 4.54. The van der Waals surface area contributed by atoms with Crippen LogP contribution in [0.2, 0.25) is 0 Å². The van der Waals surface area contributed by atoms with Gasteiger partial charge in [-0.25, -0.2) is 0 Å². The van der Waals surface area contributed by atoms with Gasteiger partial charge in [0.05, 0.1) is 0 Å². The van der Waals surface area contributed by atoms with Crippen molar-refractivity contribution in [2.45, 2.75) is 6.92 Å². The van der Waals surface area contributed by atoms with E-state index in [4.69, 9.17) is 0 Å². The first-order valence-electron chi connectivity index (χ1n) is 17.2. The summed E-state index contributed by atoms with van der Waals surface area (Å²) in [6, 6.07) is 69.9. The van der Waals surface area contributed by atoms with E-state index >= 15 is 0 Å². The van der Waals surface area contributed by atoms with Gasteiger partial charge in [0.2, 0.25) is 0 Å². The Labute approximate surface area is 295 Å². The molecule has 0 fully saturated rings. The number of anilines is 5. The highest BCUT2D eigenvalue weighted by Crippen LogP contribution is 2.39. The summed E-state index contributed by atoms with van der Waals surface area (Å²) >= 11 is 0. The molecule has 0 atom stereocenters. The molecular formula is C48H38N2. The Morgan fingerprint density at radius 1 is 0.340 bits per heavy atom. The molecule has 0 N–H and O–H groups in total. The maximum atomic E-state index is 2.34. The third kappa shape index (κ3) is 6.27. The van der Waals surface area contributed by atoms with Gasteiger partial charge in [-0.05, 0) is 124 Å². The number of fused-ring (bicyclic) bond motifs is 1. The molecular weight excluding hydrogens is 605 g/mol. The first kappa shape index (κ1) is 30.9. The van der Waals surface area contributed by atoms with Crippen molar-refractivity contribution in [3.05, 3.63) is 200 Å². The van der Waals surface area contributed by atoms with Crippen LogP contribution in [0.4, 0.5) is 28.4 Å². The van der Waals surface area contributed by atoms with E-state index in [-0.39, 0.29) is 0 Å². The van der Waals surface area contributed by atoms with Crippen molar-refractivity contribution in [1.29, 1.82) is 0 Å². The molecule has 0 heterocycles. The fraction of sp³-hybridized carbons (Fsp3) is 0.0417. The molecule has 0 aliphatic rings. The first-order valence-corrected chi connectivity index (χ1v) is 17.2. The lowest BCUT2D eigenvalue weighted by atomic mass is 9.93. The minimum Gasteiger partial charge on any atom is -0.345 e. The Morgan fingerprint density at radius 3 is 1.36 bits per heavy atom. The van der Waals surface area contributed by atoms with Gasteiger partial charge in [-0.1, -0.05) is 127 Å². The quantitative estimate of drug-likeness (QED) is 0.163. The monoisotopic (exact) mass is 642 g/mol. The molecule has 2 nitrogen and oxygen atoms in total. The van der Waals surface area contributed by atoms with Crippen LogP contribution in [0.1, 0.15) is 5.56 Å². The standard InChI is InChI=1S/C48H38N2/c1-35-17-19-36(20-18-35)37-23-29-45(30-24-37)50(44-14-7-4-8-15-44)46-31-25-39(26-32-46)48-34-41(33-40-11-9-10-16-47(40)48)38-21-27-43(28-22-38)49(2)42-12-5-3-6-13-42/h3-34H,1-2H3. The van der Waals surface area contributed by atoms with Crippen molar-refractivity contribution in [3.63, 3.8) is 0 Å². The van der Waals surface area contributed by atoms with Crippen molar-refractivity contribution in [2.75, 3.05) is 16.8 Å². The highest BCUT2D eigenvalue weighted by molar-refractivity contribution is 6.00. The molecule has 0 amide bonds. The summed E-state index contributed by atoms with van der Waals surface area (Å²) in [6.45, 7) is 2.12. The predicted octanol–water partition coefficient (Wildman–Crippen LogP) is 13.4. The molecule has 2 heteroatoms. The zero-order valence-corrected chi connectivity index (χ0v) is 28.4. The van der Waals surface area contributed by atoms with Crippen molar-refractivity contribution >= 4 is 39.2 Å². The van der Waals surface area contributed by atoms with Crippen LogP contribution >= 0.6 is 0 Å². The topological polar surface area (TPSA) is 6.48 Å². The Morgan fingerprint density at radius 2 is 0.760 bits per heavy atom. The largest absolute Gasteiger partial charge is 0.345 e. The maximum absolute atomic E-state index is 2.34. The third-order valence-electron chi connectivity index (χ3n) is 9.55. The van der Waals surface area contributed by atoms with Crippen LogP contribution < -0.4 is 9.80 Å². The van der Waals surface area contributed by atoms with E-state index in [0.717, 1.165) is 22.7 Å². The molecule has 8 aromatic rings. The van der Waals surface area contributed by atoms with Gasteiger partial charge in [-0.3, -0.25) is 0 Å². The summed E-state index contributed by atoms with van der Waals surface area (Å²) in [5.74, 6) is 0. The van der Waals surface area contributed by atoms with Crippen LogP contribution in [0.3, 0.4) is 0 Å². The zero-order chi connectivity index (χ0) is 33.9. The molecule has 0 aliphatic heterocycles. The third-order valence-corrected chi connectivity index (χ3v) is 9.55. The molecule has 0 saturated heterocycles. The lowest BCUT2D eigenvalue weighted by Crippen LogP contribution is -2.09. The Kier molecular flexibility index (Phi) is 8.42. The van der Waals surface area contributed by atoms with E-state index in [1.54, 1.807) is 0 Å². The minimum absolute atomic E-state index is 1.11. The molecule has 50 heavy (non-hydrogen) atoms. The first-order chi connectivity index (χ1) is 24.6. The highest BCUT2D eigenvalue weighted by Gasteiger charge is 2.15. The van der Waals surface area contributed by atoms with Crippen molar-refractivity contribution in [1.82, 2.24) is 0 Å². The minimum atomic E-state index is 1.11. The van der Waals surface area contributed by atoms with Gasteiger partial charge < -0.3 is 9.80 Å². The van der Waals surface area contributed by atoms with Crippen LogP contribution in [-0.4, -0.2) is 7.05 Å². The predicted molar refractivity (Wildman–Crippen MR) is 214 cm³/mol. The van der Waals surface area contributed by atoms with Crippen molar-refractivity contribution in [3.8, 4) is 33.4 Å². The number of aryl methyl sites for hydroxylation is 1. The lowest BCUT2D eigenvalue weighted by molar-refractivity contribution is 1.21. The van der Waals surface area contributed by atoms with Gasteiger partial charge in [-0.15, -0.1) is 0 Å². The Balaban J connectivity index is 1.14. The molecule has 0 saturated carbocycles. The fourth-order valence-corrected chi connectivity index (χ4v) is 6.76. The summed E-state index contributed by atoms with van der Waals surface area (Å²) in [5, 5.41) is 2.48.